The average Bonchev–Trinajstić information content (AvgIpc) is 2.39. The zero-order chi connectivity index (χ0) is 12.1. The Balaban J connectivity index is 2.22. The van der Waals surface area contributed by atoms with Crippen molar-refractivity contribution in [1.29, 1.82) is 5.26 Å². The zero-order valence-electron chi connectivity index (χ0n) is 8.88. The van der Waals surface area contributed by atoms with Gasteiger partial charge in [-0.2, -0.15) is 5.26 Å². The second-order valence-corrected chi connectivity index (χ2v) is 3.25. The molecule has 0 bridgehead atoms. The highest BCUT2D eigenvalue weighted by Gasteiger charge is 1.99. The SMILES string of the molecule is N#Cc1cccc(Nc2cncc(NN)n2)c1. The summed E-state index contributed by atoms with van der Waals surface area (Å²) < 4.78 is 0. The molecule has 6 heteroatoms. The summed E-state index contributed by atoms with van der Waals surface area (Å²) in [5.74, 6) is 6.25. The van der Waals surface area contributed by atoms with Gasteiger partial charge in [-0.05, 0) is 18.2 Å². The van der Waals surface area contributed by atoms with Crippen LogP contribution in [0.5, 0.6) is 0 Å². The Morgan fingerprint density at radius 3 is 2.82 bits per heavy atom. The summed E-state index contributed by atoms with van der Waals surface area (Å²) in [4.78, 5) is 8.11. The minimum Gasteiger partial charge on any atom is -0.339 e. The molecule has 84 valence electrons. The van der Waals surface area contributed by atoms with Crippen LogP contribution < -0.4 is 16.6 Å². The van der Waals surface area contributed by atoms with E-state index in [2.05, 4.69) is 26.8 Å². The number of hydrogen-bond donors (Lipinski definition) is 3. The molecular formula is C11H10N6. The number of anilines is 3. The van der Waals surface area contributed by atoms with Crippen molar-refractivity contribution < 1.29 is 0 Å². The van der Waals surface area contributed by atoms with Crippen LogP contribution in [0.4, 0.5) is 17.3 Å². The second kappa shape index (κ2) is 4.92. The van der Waals surface area contributed by atoms with Crippen LogP contribution in [0.15, 0.2) is 36.7 Å². The molecule has 0 unspecified atom stereocenters. The van der Waals surface area contributed by atoms with Gasteiger partial charge >= 0.3 is 0 Å². The second-order valence-electron chi connectivity index (χ2n) is 3.25. The number of nitrogens with one attached hydrogen (secondary N) is 2. The van der Waals surface area contributed by atoms with E-state index in [1.54, 1.807) is 24.4 Å². The Labute approximate surface area is 98.1 Å². The molecule has 0 aliphatic heterocycles. The third kappa shape index (κ3) is 2.68. The Bertz CT molecular complexity index is 560. The Morgan fingerprint density at radius 2 is 2.06 bits per heavy atom. The van der Waals surface area contributed by atoms with Crippen LogP contribution in [-0.2, 0) is 0 Å². The maximum Gasteiger partial charge on any atom is 0.160 e. The molecule has 1 aromatic heterocycles. The van der Waals surface area contributed by atoms with E-state index in [1.165, 1.54) is 6.20 Å². The van der Waals surface area contributed by atoms with Crippen LogP contribution in [0.2, 0.25) is 0 Å². The van der Waals surface area contributed by atoms with Crippen molar-refractivity contribution in [3.8, 4) is 6.07 Å². The summed E-state index contributed by atoms with van der Waals surface area (Å²) >= 11 is 0. The largest absolute Gasteiger partial charge is 0.339 e. The van der Waals surface area contributed by atoms with Crippen LogP contribution in [0.25, 0.3) is 0 Å². The lowest BCUT2D eigenvalue weighted by Crippen LogP contribution is -2.09. The molecule has 4 N–H and O–H groups in total. The fraction of sp³-hybridized carbons (Fsp3) is 0. The Hall–Kier alpha value is -2.65. The van der Waals surface area contributed by atoms with E-state index in [-0.39, 0.29) is 0 Å². The third-order valence-corrected chi connectivity index (χ3v) is 2.05. The van der Waals surface area contributed by atoms with E-state index in [9.17, 15) is 0 Å². The van der Waals surface area contributed by atoms with E-state index in [0.29, 0.717) is 17.2 Å². The molecule has 2 aromatic rings. The molecule has 0 spiro atoms. The Kier molecular flexibility index (Phi) is 3.14. The first-order valence-electron chi connectivity index (χ1n) is 4.87. The molecule has 0 amide bonds. The van der Waals surface area contributed by atoms with Gasteiger partial charge in [0.1, 0.15) is 0 Å². The molecular weight excluding hydrogens is 216 g/mol. The minimum absolute atomic E-state index is 0.464. The monoisotopic (exact) mass is 226 g/mol. The van der Waals surface area contributed by atoms with E-state index in [4.69, 9.17) is 11.1 Å². The first kappa shape index (κ1) is 10.9. The van der Waals surface area contributed by atoms with Gasteiger partial charge in [0.15, 0.2) is 11.6 Å². The highest BCUT2D eigenvalue weighted by Crippen LogP contribution is 2.15. The maximum absolute atomic E-state index is 8.78. The molecule has 0 fully saturated rings. The van der Waals surface area contributed by atoms with Crippen LogP contribution in [0.1, 0.15) is 5.56 Å². The van der Waals surface area contributed by atoms with E-state index < -0.39 is 0 Å². The van der Waals surface area contributed by atoms with Crippen molar-refractivity contribution in [2.45, 2.75) is 0 Å². The summed E-state index contributed by atoms with van der Waals surface area (Å²) in [7, 11) is 0. The highest BCUT2D eigenvalue weighted by atomic mass is 15.3. The summed E-state index contributed by atoms with van der Waals surface area (Å²) in [5, 5.41) is 11.8. The molecule has 0 radical (unpaired) electrons. The fourth-order valence-corrected chi connectivity index (χ4v) is 1.31. The number of hydrazine groups is 1. The number of nitrogen functional groups attached to an aromatic ring is 1. The fourth-order valence-electron chi connectivity index (χ4n) is 1.31. The van der Waals surface area contributed by atoms with Crippen molar-refractivity contribution in [3.05, 3.63) is 42.2 Å². The number of hydrogen-bond acceptors (Lipinski definition) is 6. The zero-order valence-corrected chi connectivity index (χ0v) is 8.88. The van der Waals surface area contributed by atoms with Crippen molar-refractivity contribution in [3.63, 3.8) is 0 Å². The van der Waals surface area contributed by atoms with Crippen LogP contribution in [-0.4, -0.2) is 9.97 Å². The lowest BCUT2D eigenvalue weighted by atomic mass is 10.2. The number of nitriles is 1. The molecule has 0 atom stereocenters. The van der Waals surface area contributed by atoms with Crippen LogP contribution in [0.3, 0.4) is 0 Å². The molecule has 0 aliphatic carbocycles. The van der Waals surface area contributed by atoms with Gasteiger partial charge in [0.2, 0.25) is 0 Å². The van der Waals surface area contributed by atoms with Crippen molar-refractivity contribution in [2.24, 2.45) is 5.84 Å². The van der Waals surface area contributed by atoms with Crippen molar-refractivity contribution in [1.82, 2.24) is 9.97 Å². The molecule has 6 nitrogen and oxygen atoms in total. The maximum atomic E-state index is 8.78. The molecule has 0 saturated carbocycles. The van der Waals surface area contributed by atoms with Crippen LogP contribution in [0, 0.1) is 11.3 Å². The number of nitrogens with two attached hydrogens (primary N) is 1. The van der Waals surface area contributed by atoms with Gasteiger partial charge in [0, 0.05) is 5.69 Å². The highest BCUT2D eigenvalue weighted by molar-refractivity contribution is 5.58. The van der Waals surface area contributed by atoms with Gasteiger partial charge in [-0.1, -0.05) is 6.07 Å². The Morgan fingerprint density at radius 1 is 1.24 bits per heavy atom. The predicted octanol–water partition coefficient (Wildman–Crippen LogP) is 1.38. The molecule has 0 saturated heterocycles. The summed E-state index contributed by atoms with van der Waals surface area (Å²) in [6.07, 6.45) is 3.08. The van der Waals surface area contributed by atoms with Crippen LogP contribution >= 0.6 is 0 Å². The number of rotatable bonds is 3. The molecule has 1 aromatic carbocycles. The van der Waals surface area contributed by atoms with E-state index >= 15 is 0 Å². The first-order valence-corrected chi connectivity index (χ1v) is 4.87. The van der Waals surface area contributed by atoms with Gasteiger partial charge in [0.05, 0.1) is 24.0 Å². The summed E-state index contributed by atoms with van der Waals surface area (Å²) in [6.45, 7) is 0. The average molecular weight is 226 g/mol. The molecule has 17 heavy (non-hydrogen) atoms. The number of nitrogens with zero attached hydrogens (tertiary/aromatic N) is 3. The lowest BCUT2D eigenvalue weighted by molar-refractivity contribution is 1.16. The van der Waals surface area contributed by atoms with Crippen molar-refractivity contribution >= 4 is 17.3 Å². The van der Waals surface area contributed by atoms with Gasteiger partial charge in [0.25, 0.3) is 0 Å². The number of aromatic nitrogens is 2. The van der Waals surface area contributed by atoms with E-state index in [1.807, 2.05) is 6.07 Å². The topological polar surface area (TPSA) is 99.7 Å². The summed E-state index contributed by atoms with van der Waals surface area (Å²) in [6, 6.07) is 9.15. The minimum atomic E-state index is 0.464. The van der Waals surface area contributed by atoms with Gasteiger partial charge in [-0.3, -0.25) is 4.98 Å². The van der Waals surface area contributed by atoms with Gasteiger partial charge in [-0.15, -0.1) is 0 Å². The molecule has 1 heterocycles. The van der Waals surface area contributed by atoms with Crippen molar-refractivity contribution in [2.75, 3.05) is 10.7 Å². The smallest absolute Gasteiger partial charge is 0.160 e. The first-order chi connectivity index (χ1) is 8.31. The van der Waals surface area contributed by atoms with Gasteiger partial charge < -0.3 is 10.7 Å². The molecule has 0 aliphatic rings. The lowest BCUT2D eigenvalue weighted by Gasteiger charge is -2.06. The quantitative estimate of drug-likeness (QED) is 0.540. The predicted molar refractivity (Wildman–Crippen MR) is 64.3 cm³/mol. The van der Waals surface area contributed by atoms with E-state index in [0.717, 1.165) is 5.69 Å². The standard InChI is InChI=1S/C11H10N6/c12-5-8-2-1-3-9(4-8)15-10-6-14-7-11(16-10)17-13/h1-4,6-7H,13H2,(H2,15,16,17). The number of benzene rings is 1. The normalized spacial score (nSPS) is 9.41. The summed E-state index contributed by atoms with van der Waals surface area (Å²) in [5.41, 5.74) is 3.76. The third-order valence-electron chi connectivity index (χ3n) is 2.05. The van der Waals surface area contributed by atoms with Gasteiger partial charge in [-0.25, -0.2) is 10.8 Å². The molecule has 2 rings (SSSR count).